The van der Waals surface area contributed by atoms with Crippen LogP contribution in [0.4, 0.5) is 8.78 Å². The first-order valence-electron chi connectivity index (χ1n) is 4.96. The van der Waals surface area contributed by atoms with Crippen LogP contribution in [0.3, 0.4) is 0 Å². The van der Waals surface area contributed by atoms with E-state index in [2.05, 4.69) is 9.97 Å². The van der Waals surface area contributed by atoms with E-state index in [9.17, 15) is 8.78 Å². The van der Waals surface area contributed by atoms with Gasteiger partial charge in [0.15, 0.2) is 0 Å². The minimum atomic E-state index is -2.60. The Morgan fingerprint density at radius 2 is 1.82 bits per heavy atom. The van der Waals surface area contributed by atoms with Crippen molar-refractivity contribution in [3.05, 3.63) is 42.4 Å². The van der Waals surface area contributed by atoms with Crippen LogP contribution in [0.1, 0.15) is 12.1 Å². The number of pyridine rings is 2. The Hall–Kier alpha value is -2.04. The zero-order valence-corrected chi connectivity index (χ0v) is 9.10. The fourth-order valence-electron chi connectivity index (χ4n) is 1.48. The van der Waals surface area contributed by atoms with E-state index in [0.29, 0.717) is 5.56 Å². The van der Waals surface area contributed by atoms with E-state index in [1.165, 1.54) is 13.2 Å². The van der Waals surface area contributed by atoms with Gasteiger partial charge in [-0.25, -0.2) is 13.8 Å². The fourth-order valence-corrected chi connectivity index (χ4v) is 1.48. The van der Waals surface area contributed by atoms with Crippen molar-refractivity contribution in [2.75, 3.05) is 7.11 Å². The number of nitrogens with zero attached hydrogens (tertiary/aromatic N) is 2. The molecule has 0 aromatic carbocycles. The van der Waals surface area contributed by atoms with E-state index in [4.69, 9.17) is 4.74 Å². The number of rotatable bonds is 3. The van der Waals surface area contributed by atoms with E-state index >= 15 is 0 Å². The maximum absolute atomic E-state index is 12.5. The van der Waals surface area contributed by atoms with Gasteiger partial charge in [0.25, 0.3) is 6.43 Å². The van der Waals surface area contributed by atoms with Gasteiger partial charge in [0.05, 0.1) is 7.11 Å². The average molecular weight is 236 g/mol. The van der Waals surface area contributed by atoms with Crippen molar-refractivity contribution < 1.29 is 13.5 Å². The Kier molecular flexibility index (Phi) is 3.27. The number of ether oxygens (including phenoxy) is 1. The first-order valence-corrected chi connectivity index (χ1v) is 4.96. The van der Waals surface area contributed by atoms with E-state index in [-0.39, 0.29) is 11.6 Å². The maximum atomic E-state index is 12.5. The highest BCUT2D eigenvalue weighted by Crippen LogP contribution is 2.30. The summed E-state index contributed by atoms with van der Waals surface area (Å²) >= 11 is 0. The van der Waals surface area contributed by atoms with Crippen molar-refractivity contribution >= 4 is 0 Å². The Morgan fingerprint density at radius 3 is 2.41 bits per heavy atom. The van der Waals surface area contributed by atoms with Gasteiger partial charge in [-0.2, -0.15) is 0 Å². The molecular formula is C12H10F2N2O. The quantitative estimate of drug-likeness (QED) is 0.821. The van der Waals surface area contributed by atoms with Crippen LogP contribution in [0, 0.1) is 0 Å². The molecule has 17 heavy (non-hydrogen) atoms. The number of methoxy groups -OCH3 is 1. The summed E-state index contributed by atoms with van der Waals surface area (Å²) in [5.74, 6) is 0.189. The van der Waals surface area contributed by atoms with Crippen LogP contribution in [0.25, 0.3) is 11.1 Å². The maximum Gasteiger partial charge on any atom is 0.280 e. The number of aromatic nitrogens is 2. The van der Waals surface area contributed by atoms with Crippen LogP contribution < -0.4 is 4.74 Å². The molecule has 3 nitrogen and oxygen atoms in total. The summed E-state index contributed by atoms with van der Waals surface area (Å²) < 4.78 is 30.0. The topological polar surface area (TPSA) is 35.0 Å². The van der Waals surface area contributed by atoms with E-state index in [1.54, 1.807) is 30.6 Å². The van der Waals surface area contributed by atoms with Gasteiger partial charge in [0, 0.05) is 18.0 Å². The number of alkyl halides is 2. The molecule has 0 saturated heterocycles. The molecule has 0 bridgehead atoms. The Bertz CT molecular complexity index is 503. The summed E-state index contributed by atoms with van der Waals surface area (Å²) in [4.78, 5) is 7.67. The van der Waals surface area contributed by atoms with Crippen LogP contribution >= 0.6 is 0 Å². The lowest BCUT2D eigenvalue weighted by Crippen LogP contribution is -1.96. The van der Waals surface area contributed by atoms with Crippen molar-refractivity contribution in [3.8, 4) is 17.0 Å². The summed E-state index contributed by atoms with van der Waals surface area (Å²) in [6, 6.07) is 6.40. The third-order valence-corrected chi connectivity index (χ3v) is 2.29. The highest BCUT2D eigenvalue weighted by atomic mass is 19.3. The lowest BCUT2D eigenvalue weighted by atomic mass is 10.1. The summed E-state index contributed by atoms with van der Waals surface area (Å²) in [7, 11) is 1.41. The molecule has 0 aliphatic carbocycles. The minimum Gasteiger partial charge on any atom is -0.481 e. The second kappa shape index (κ2) is 4.86. The first kappa shape index (κ1) is 11.4. The second-order valence-corrected chi connectivity index (χ2v) is 3.33. The molecule has 0 radical (unpaired) electrons. The number of hydrogen-bond donors (Lipinski definition) is 0. The predicted molar refractivity (Wildman–Crippen MR) is 59.0 cm³/mol. The molecule has 0 atom stereocenters. The minimum absolute atomic E-state index is 0.189. The normalized spacial score (nSPS) is 10.6. The van der Waals surface area contributed by atoms with Crippen molar-refractivity contribution in [1.82, 2.24) is 9.97 Å². The van der Waals surface area contributed by atoms with Gasteiger partial charge in [0.2, 0.25) is 5.88 Å². The SMILES string of the molecule is COc1nc(C(F)F)ccc1-c1ccncc1. The molecule has 2 rings (SSSR count). The van der Waals surface area contributed by atoms with Gasteiger partial charge in [-0.3, -0.25) is 4.98 Å². The largest absolute Gasteiger partial charge is 0.481 e. The third kappa shape index (κ3) is 2.38. The summed E-state index contributed by atoms with van der Waals surface area (Å²) in [5.41, 5.74) is 1.20. The Morgan fingerprint density at radius 1 is 1.12 bits per heavy atom. The first-order chi connectivity index (χ1) is 8.22. The van der Waals surface area contributed by atoms with Crippen molar-refractivity contribution in [2.24, 2.45) is 0 Å². The molecule has 0 N–H and O–H groups in total. The number of halogens is 2. The highest BCUT2D eigenvalue weighted by Gasteiger charge is 2.13. The molecule has 0 aliphatic heterocycles. The zero-order valence-electron chi connectivity index (χ0n) is 9.10. The summed E-state index contributed by atoms with van der Waals surface area (Å²) in [5, 5.41) is 0. The second-order valence-electron chi connectivity index (χ2n) is 3.33. The molecule has 2 aromatic rings. The smallest absolute Gasteiger partial charge is 0.280 e. The predicted octanol–water partition coefficient (Wildman–Crippen LogP) is 3.09. The van der Waals surface area contributed by atoms with Crippen LogP contribution in [0.2, 0.25) is 0 Å². The molecule has 0 saturated carbocycles. The van der Waals surface area contributed by atoms with Crippen LogP contribution in [0.15, 0.2) is 36.7 Å². The van der Waals surface area contributed by atoms with Gasteiger partial charge in [-0.15, -0.1) is 0 Å². The van der Waals surface area contributed by atoms with E-state index < -0.39 is 6.43 Å². The molecule has 88 valence electrons. The van der Waals surface area contributed by atoms with Gasteiger partial charge in [-0.05, 0) is 29.8 Å². The van der Waals surface area contributed by atoms with Gasteiger partial charge < -0.3 is 4.74 Å². The van der Waals surface area contributed by atoms with Gasteiger partial charge >= 0.3 is 0 Å². The lowest BCUT2D eigenvalue weighted by molar-refractivity contribution is 0.145. The van der Waals surface area contributed by atoms with E-state index in [1.807, 2.05) is 0 Å². The monoisotopic (exact) mass is 236 g/mol. The summed E-state index contributed by atoms with van der Waals surface area (Å²) in [6.07, 6.45) is 0.640. The highest BCUT2D eigenvalue weighted by molar-refractivity contribution is 5.68. The molecule has 0 spiro atoms. The van der Waals surface area contributed by atoms with Crippen molar-refractivity contribution in [1.29, 1.82) is 0 Å². The molecule has 2 aromatic heterocycles. The standard InChI is InChI=1S/C12H10F2N2O/c1-17-12-9(8-4-6-15-7-5-8)2-3-10(16-12)11(13)14/h2-7,11H,1H3. The molecule has 0 amide bonds. The fraction of sp³-hybridized carbons (Fsp3) is 0.167. The molecule has 0 fully saturated rings. The van der Waals surface area contributed by atoms with Crippen molar-refractivity contribution in [2.45, 2.75) is 6.43 Å². The van der Waals surface area contributed by atoms with Crippen LogP contribution in [-0.4, -0.2) is 17.1 Å². The van der Waals surface area contributed by atoms with Crippen LogP contribution in [-0.2, 0) is 0 Å². The molecule has 0 aliphatic rings. The molecule has 0 unspecified atom stereocenters. The Balaban J connectivity index is 2.49. The Labute approximate surface area is 97.1 Å². The zero-order chi connectivity index (χ0) is 12.3. The van der Waals surface area contributed by atoms with Gasteiger partial charge in [0.1, 0.15) is 5.69 Å². The number of hydrogen-bond acceptors (Lipinski definition) is 3. The average Bonchev–Trinajstić information content (AvgIpc) is 2.39. The molecule has 2 heterocycles. The van der Waals surface area contributed by atoms with Crippen molar-refractivity contribution in [3.63, 3.8) is 0 Å². The van der Waals surface area contributed by atoms with Crippen LogP contribution in [0.5, 0.6) is 5.88 Å². The molecule has 5 heteroatoms. The third-order valence-electron chi connectivity index (χ3n) is 2.29. The van der Waals surface area contributed by atoms with E-state index in [0.717, 1.165) is 5.56 Å². The summed E-state index contributed by atoms with van der Waals surface area (Å²) in [6.45, 7) is 0. The lowest BCUT2D eigenvalue weighted by Gasteiger charge is -2.09. The molecular weight excluding hydrogens is 226 g/mol. The van der Waals surface area contributed by atoms with Gasteiger partial charge in [-0.1, -0.05) is 0 Å².